The largest absolute Gasteiger partial charge is 3.00 e. The fraction of sp³-hybridized carbons (Fsp3) is 0.0526. The Morgan fingerprint density at radius 1 is 0.254 bits per heavy atom. The van der Waals surface area contributed by atoms with Crippen LogP contribution in [-0.4, -0.2) is 0 Å². The van der Waals surface area contributed by atoms with Crippen LogP contribution >= 0.6 is 22.1 Å². The van der Waals surface area contributed by atoms with E-state index in [0.717, 1.165) is 33.4 Å². The van der Waals surface area contributed by atoms with Gasteiger partial charge >= 0.3 is 20.1 Å². The third-order valence-corrected chi connectivity index (χ3v) is 17.1. The van der Waals surface area contributed by atoms with Crippen molar-refractivity contribution in [3.63, 3.8) is 0 Å². The van der Waals surface area contributed by atoms with Gasteiger partial charge in [-0.25, -0.2) is 0 Å². The van der Waals surface area contributed by atoms with E-state index in [2.05, 4.69) is 0 Å². The van der Waals surface area contributed by atoms with E-state index in [1.54, 1.807) is 109 Å². The molecule has 0 aliphatic heterocycles. The fourth-order valence-electron chi connectivity index (χ4n) is 7.58. The number of hydrogen-bond donors (Lipinski definition) is 0. The first-order valence-corrected chi connectivity index (χ1v) is 26.4. The summed E-state index contributed by atoms with van der Waals surface area (Å²) in [5.74, 6) is 0. The molecule has 0 spiro atoms. The molecule has 3 unspecified atom stereocenters. The molecule has 0 heterocycles. The molecule has 336 valence electrons. The summed E-state index contributed by atoms with van der Waals surface area (Å²) in [6.07, 6.45) is 1.82. The average molecular weight is 1110 g/mol. The summed E-state index contributed by atoms with van der Waals surface area (Å²) in [5.41, 5.74) is 5.79. The molecule has 0 aliphatic rings. The van der Waals surface area contributed by atoms with Crippen LogP contribution in [0.1, 0.15) is 33.4 Å². The minimum atomic E-state index is -3.82. The normalized spacial score (nSPS) is 13.3. The van der Waals surface area contributed by atoms with E-state index >= 15 is 0 Å². The zero-order chi connectivity index (χ0) is 46.2. The van der Waals surface area contributed by atoms with Gasteiger partial charge in [-0.05, 0) is 52.6 Å². The summed E-state index contributed by atoms with van der Waals surface area (Å²) in [7, 11) is -11.5. The van der Waals surface area contributed by atoms with Gasteiger partial charge in [-0.15, -0.1) is 0 Å². The van der Waals surface area contributed by atoms with Gasteiger partial charge in [0.15, 0.2) is 0 Å². The van der Waals surface area contributed by atoms with E-state index in [1.165, 1.54) is 0 Å². The first-order chi connectivity index (χ1) is 32.0. The summed E-state index contributed by atoms with van der Waals surface area (Å²) in [6.45, 7) is 0. The van der Waals surface area contributed by atoms with Crippen molar-refractivity contribution in [1.29, 1.82) is 0 Å². The van der Waals surface area contributed by atoms with Crippen molar-refractivity contribution in [2.45, 2.75) is 19.3 Å². The molecule has 0 aliphatic carbocycles. The van der Waals surface area contributed by atoms with Crippen LogP contribution in [0.5, 0.6) is 0 Å². The Balaban J connectivity index is 0.000000165. The molecule has 9 aromatic carbocycles. The predicted octanol–water partition coefficient (Wildman–Crippen LogP) is 8.60. The van der Waals surface area contributed by atoms with E-state index < -0.39 is 22.1 Å². The van der Waals surface area contributed by atoms with Crippen molar-refractivity contribution in [1.82, 2.24) is 0 Å². The van der Waals surface area contributed by atoms with Crippen LogP contribution in [0, 0.1) is 0 Å². The van der Waals surface area contributed by atoms with Crippen LogP contribution in [0.3, 0.4) is 0 Å². The van der Waals surface area contributed by atoms with Crippen LogP contribution in [0.2, 0.25) is 0 Å². The van der Waals surface area contributed by atoms with Gasteiger partial charge < -0.3 is 28.4 Å². The van der Waals surface area contributed by atoms with Crippen LogP contribution in [0.15, 0.2) is 255 Å². The monoisotopic (exact) mass is 1110 g/mol. The Labute approximate surface area is 407 Å². The summed E-state index contributed by atoms with van der Waals surface area (Å²) < 4.78 is 38.6. The molecule has 0 N–H and O–H groups in total. The standard InChI is InChI=1S/3C19H17O2P.Ir/c3*20-22(21,18-12-5-2-6-13-18)19-14-8-7-11-17(19)15-16-9-3-1-4-10-16;/h3*1-14H,15H2,(H,20,21);/q;;;+3/p-3. The zero-order valence-electron chi connectivity index (χ0n) is 36.5. The smallest absolute Gasteiger partial charge is 0.793 e. The van der Waals surface area contributed by atoms with E-state index in [-0.39, 0.29) is 20.1 Å². The van der Waals surface area contributed by atoms with Crippen molar-refractivity contribution >= 4 is 53.9 Å². The maximum Gasteiger partial charge on any atom is 3.00 e. The summed E-state index contributed by atoms with van der Waals surface area (Å²) in [5, 5.41) is 2.29. The van der Waals surface area contributed by atoms with Crippen molar-refractivity contribution in [2.24, 2.45) is 0 Å². The van der Waals surface area contributed by atoms with E-state index in [1.807, 2.05) is 146 Å². The van der Waals surface area contributed by atoms with Gasteiger partial charge in [0.25, 0.3) is 0 Å². The molecule has 67 heavy (non-hydrogen) atoms. The van der Waals surface area contributed by atoms with Gasteiger partial charge in [0, 0.05) is 31.8 Å². The van der Waals surface area contributed by atoms with Crippen LogP contribution < -0.4 is 46.5 Å². The first kappa shape index (κ1) is 50.6. The second kappa shape index (κ2) is 24.3. The average Bonchev–Trinajstić information content (AvgIpc) is 3.36. The van der Waals surface area contributed by atoms with Crippen molar-refractivity contribution in [2.75, 3.05) is 0 Å². The van der Waals surface area contributed by atoms with Crippen molar-refractivity contribution < 1.29 is 48.5 Å². The molecule has 0 radical (unpaired) electrons. The number of rotatable bonds is 12. The summed E-state index contributed by atoms with van der Waals surface area (Å²) in [6, 6.07) is 77.2. The summed E-state index contributed by atoms with van der Waals surface area (Å²) >= 11 is 0. The molecule has 6 nitrogen and oxygen atoms in total. The number of benzene rings is 9. The van der Waals surface area contributed by atoms with Crippen LogP contribution in [-0.2, 0) is 53.1 Å². The Kier molecular flexibility index (Phi) is 18.3. The molecular weight excluding hydrogens is 1070 g/mol. The Morgan fingerprint density at radius 2 is 0.433 bits per heavy atom. The molecule has 9 aromatic rings. The molecule has 0 saturated heterocycles. The van der Waals surface area contributed by atoms with Crippen molar-refractivity contribution in [3.05, 3.63) is 288 Å². The van der Waals surface area contributed by atoms with Gasteiger partial charge in [-0.2, -0.15) is 0 Å². The minimum absolute atomic E-state index is 0. The molecule has 0 fully saturated rings. The third kappa shape index (κ3) is 13.4. The first-order valence-electron chi connectivity index (χ1n) is 21.5. The van der Waals surface area contributed by atoms with E-state index in [4.69, 9.17) is 0 Å². The Bertz CT molecular complexity index is 2740. The molecule has 9 rings (SSSR count). The van der Waals surface area contributed by atoms with Crippen LogP contribution in [0.25, 0.3) is 0 Å². The van der Waals surface area contributed by atoms with Crippen molar-refractivity contribution in [3.8, 4) is 0 Å². The minimum Gasteiger partial charge on any atom is -0.793 e. The van der Waals surface area contributed by atoms with E-state index in [0.29, 0.717) is 51.1 Å². The third-order valence-electron chi connectivity index (χ3n) is 10.9. The fourth-order valence-corrected chi connectivity index (χ4v) is 12.6. The number of hydrogen-bond acceptors (Lipinski definition) is 6. The Hall–Kier alpha value is -5.80. The maximum atomic E-state index is 12.9. The molecule has 0 amide bonds. The second-order valence-electron chi connectivity index (χ2n) is 15.5. The SMILES string of the molecule is O=P([O-])(c1ccccc1)c1ccccc1Cc1ccccc1.O=P([O-])(c1ccccc1)c1ccccc1Cc1ccccc1.O=P([O-])(c1ccccc1)c1ccccc1Cc1ccccc1.[Ir+3]. The van der Waals surface area contributed by atoms with Gasteiger partial charge in [0.2, 0.25) is 0 Å². The zero-order valence-corrected chi connectivity index (χ0v) is 41.6. The topological polar surface area (TPSA) is 120 Å². The molecule has 0 aromatic heterocycles. The van der Waals surface area contributed by atoms with Gasteiger partial charge in [-0.3, -0.25) is 0 Å². The van der Waals surface area contributed by atoms with Crippen LogP contribution in [0.4, 0.5) is 0 Å². The van der Waals surface area contributed by atoms with Gasteiger partial charge in [-0.1, -0.05) is 255 Å². The molecule has 10 heteroatoms. The quantitative estimate of drug-likeness (QED) is 0.113. The Morgan fingerprint density at radius 3 is 0.657 bits per heavy atom. The molecule has 3 atom stereocenters. The second-order valence-corrected chi connectivity index (χ2v) is 21.8. The molecule has 0 saturated carbocycles. The molecule has 0 bridgehead atoms. The predicted molar refractivity (Wildman–Crippen MR) is 267 cm³/mol. The molecular formula is C57H48IrO6P3. The van der Waals surface area contributed by atoms with Gasteiger partial charge in [0.1, 0.15) is 0 Å². The maximum absolute atomic E-state index is 12.9. The summed E-state index contributed by atoms with van der Waals surface area (Å²) in [4.78, 5) is 38.6. The van der Waals surface area contributed by atoms with E-state index in [9.17, 15) is 28.4 Å². The van der Waals surface area contributed by atoms with Gasteiger partial charge in [0.05, 0.1) is 22.1 Å².